The third kappa shape index (κ3) is 4.83. The Morgan fingerprint density at radius 2 is 1.22 bits per heavy atom. The molecule has 2 radical (unpaired) electrons. The molecule has 136 valence electrons. The molecule has 0 N–H and O–H groups in total. The maximum atomic E-state index is 12.7. The van der Waals surface area contributed by atoms with E-state index in [0.717, 1.165) is 25.7 Å². The lowest BCUT2D eigenvalue weighted by Gasteiger charge is -2.28. The van der Waals surface area contributed by atoms with E-state index >= 15 is 0 Å². The highest BCUT2D eigenvalue weighted by Crippen LogP contribution is 2.32. The number of hydrogen-bond acceptors (Lipinski definition) is 1. The molecule has 3 aromatic carbocycles. The van der Waals surface area contributed by atoms with Crippen LogP contribution in [0.25, 0.3) is 11.1 Å². The fourth-order valence-electron chi connectivity index (χ4n) is 2.76. The van der Waals surface area contributed by atoms with Gasteiger partial charge in [-0.2, -0.15) is 0 Å². The maximum Gasteiger partial charge on any atom is 0.415 e. The summed E-state index contributed by atoms with van der Waals surface area (Å²) in [6, 6.07) is 26.7. The highest BCUT2D eigenvalue weighted by molar-refractivity contribution is 7.61. The van der Waals surface area contributed by atoms with Crippen molar-refractivity contribution in [2.45, 2.75) is 32.7 Å². The van der Waals surface area contributed by atoms with Gasteiger partial charge in [-0.1, -0.05) is 79.9 Å². The summed E-state index contributed by atoms with van der Waals surface area (Å²) >= 11 is 0. The summed E-state index contributed by atoms with van der Waals surface area (Å²) in [4.78, 5) is 0. The Bertz CT molecular complexity index is 897. The van der Waals surface area contributed by atoms with Gasteiger partial charge >= 0.3 is 7.80 Å². The van der Waals surface area contributed by atoms with E-state index in [4.69, 9.17) is 0 Å². The molecule has 0 spiro atoms. The second-order valence-electron chi connectivity index (χ2n) is 7.76. The summed E-state index contributed by atoms with van der Waals surface area (Å²) in [5.74, 6) is 0.662. The van der Waals surface area contributed by atoms with Gasteiger partial charge in [0.05, 0.1) is 9.52 Å². The van der Waals surface area contributed by atoms with E-state index in [1.165, 1.54) is 10.8 Å². The van der Waals surface area contributed by atoms with E-state index in [9.17, 15) is 4.57 Å². The first-order valence-corrected chi connectivity index (χ1v) is 11.6. The molecule has 0 heterocycles. The van der Waals surface area contributed by atoms with Crippen LogP contribution in [0.3, 0.4) is 0 Å². The first kappa shape index (κ1) is 19.7. The van der Waals surface area contributed by atoms with E-state index in [0.29, 0.717) is 11.0 Å². The molecule has 0 saturated carbocycles. The predicted octanol–water partition coefficient (Wildman–Crippen LogP) is 5.32. The fraction of sp³-hybridized carbons (Fsp3) is 0.250. The lowest BCUT2D eigenvalue weighted by atomic mass is 9.99. The van der Waals surface area contributed by atoms with Gasteiger partial charge in [-0.05, 0) is 58.5 Å². The van der Waals surface area contributed by atoms with Crippen molar-refractivity contribution in [3.05, 3.63) is 78.9 Å². The largest absolute Gasteiger partial charge is 0.415 e. The summed E-state index contributed by atoms with van der Waals surface area (Å²) in [7, 11) is -0.723. The summed E-state index contributed by atoms with van der Waals surface area (Å²) in [5.41, 5.74) is 2.36. The zero-order chi connectivity index (χ0) is 19.4. The Hall–Kier alpha value is -2.02. The monoisotopic (exact) mass is 389 g/mol. The van der Waals surface area contributed by atoms with Crippen LogP contribution in [0.15, 0.2) is 78.9 Å². The average Bonchev–Trinajstić information content (AvgIpc) is 2.68. The standard InChI is InChI=1S/C24H26OPSi/c1-18(2)24(3,4)27-23-16-12-20(13-17-23)19-10-14-22(15-11-19)26(25)21-8-6-5-7-9-21/h5-18H,1-4H3/q+1. The molecule has 3 heteroatoms. The van der Waals surface area contributed by atoms with Crippen LogP contribution in [0.5, 0.6) is 0 Å². The molecule has 3 aromatic rings. The normalized spacial score (nSPS) is 12.3. The van der Waals surface area contributed by atoms with Gasteiger partial charge in [-0.25, -0.2) is 0 Å². The molecule has 1 nitrogen and oxygen atoms in total. The highest BCUT2D eigenvalue weighted by atomic mass is 31.1. The quantitative estimate of drug-likeness (QED) is 0.412. The van der Waals surface area contributed by atoms with Crippen LogP contribution in [0.4, 0.5) is 0 Å². The first-order chi connectivity index (χ1) is 12.9. The van der Waals surface area contributed by atoms with E-state index in [2.05, 4.69) is 64.1 Å². The second-order valence-corrected chi connectivity index (χ2v) is 11.5. The van der Waals surface area contributed by atoms with Gasteiger partial charge in [0.2, 0.25) is 0 Å². The van der Waals surface area contributed by atoms with E-state index in [1.807, 2.05) is 42.5 Å². The van der Waals surface area contributed by atoms with Gasteiger partial charge in [-0.3, -0.25) is 0 Å². The van der Waals surface area contributed by atoms with Gasteiger partial charge in [0.25, 0.3) is 0 Å². The minimum atomic E-state index is -1.53. The van der Waals surface area contributed by atoms with Crippen LogP contribution in [-0.4, -0.2) is 9.52 Å². The number of hydrogen-bond donors (Lipinski definition) is 0. The summed E-state index contributed by atoms with van der Waals surface area (Å²) < 4.78 is 12.7. The lowest BCUT2D eigenvalue weighted by molar-refractivity contribution is 0.476. The van der Waals surface area contributed by atoms with Crippen LogP contribution in [-0.2, 0) is 4.57 Å². The molecule has 0 aliphatic heterocycles. The zero-order valence-electron chi connectivity index (χ0n) is 16.4. The Morgan fingerprint density at radius 1 is 0.741 bits per heavy atom. The van der Waals surface area contributed by atoms with E-state index < -0.39 is 7.80 Å². The second kappa shape index (κ2) is 8.33. The van der Waals surface area contributed by atoms with Gasteiger partial charge in [-0.15, -0.1) is 0 Å². The minimum Gasteiger partial charge on any atom is -0.0636 e. The fourth-order valence-corrected chi connectivity index (χ4v) is 5.29. The van der Waals surface area contributed by atoms with Crippen LogP contribution in [0.2, 0.25) is 5.04 Å². The Kier molecular flexibility index (Phi) is 6.09. The third-order valence-corrected chi connectivity index (χ3v) is 8.60. The van der Waals surface area contributed by atoms with Gasteiger partial charge < -0.3 is 0 Å². The van der Waals surface area contributed by atoms with Crippen LogP contribution < -0.4 is 15.8 Å². The van der Waals surface area contributed by atoms with Crippen molar-refractivity contribution in [2.24, 2.45) is 5.92 Å². The maximum absolute atomic E-state index is 12.7. The smallest absolute Gasteiger partial charge is 0.0636 e. The highest BCUT2D eigenvalue weighted by Gasteiger charge is 2.24. The Labute approximate surface area is 166 Å². The molecule has 0 aliphatic rings. The summed E-state index contributed by atoms with van der Waals surface area (Å²) in [6.07, 6.45) is 0. The molecule has 0 aliphatic carbocycles. The predicted molar refractivity (Wildman–Crippen MR) is 119 cm³/mol. The molecule has 1 atom stereocenters. The lowest BCUT2D eigenvalue weighted by Crippen LogP contribution is -2.29. The molecular formula is C24H26OPSi+. The number of benzene rings is 3. The molecular weight excluding hydrogens is 363 g/mol. The van der Waals surface area contributed by atoms with Gasteiger partial charge in [0.1, 0.15) is 0 Å². The third-order valence-electron chi connectivity index (χ3n) is 5.22. The zero-order valence-corrected chi connectivity index (χ0v) is 18.3. The molecule has 0 bridgehead atoms. The van der Waals surface area contributed by atoms with Crippen molar-refractivity contribution in [3.63, 3.8) is 0 Å². The number of rotatable bonds is 6. The topological polar surface area (TPSA) is 17.1 Å². The van der Waals surface area contributed by atoms with Crippen molar-refractivity contribution in [2.75, 3.05) is 0 Å². The van der Waals surface area contributed by atoms with Crippen molar-refractivity contribution < 1.29 is 4.57 Å². The van der Waals surface area contributed by atoms with Crippen LogP contribution in [0, 0.1) is 5.92 Å². The summed E-state index contributed by atoms with van der Waals surface area (Å²) in [6.45, 7) is 9.28. The van der Waals surface area contributed by atoms with Crippen LogP contribution >= 0.6 is 7.80 Å². The van der Waals surface area contributed by atoms with Gasteiger partial charge in [0.15, 0.2) is 10.6 Å². The molecule has 1 unspecified atom stereocenters. The molecule has 0 aromatic heterocycles. The van der Waals surface area contributed by atoms with E-state index in [-0.39, 0.29) is 0 Å². The first-order valence-electron chi connectivity index (χ1n) is 9.38. The molecule has 0 amide bonds. The molecule has 3 rings (SSSR count). The molecule has 0 fully saturated rings. The average molecular weight is 390 g/mol. The van der Waals surface area contributed by atoms with Crippen molar-refractivity contribution in [3.8, 4) is 11.1 Å². The molecule has 0 saturated heterocycles. The van der Waals surface area contributed by atoms with Crippen LogP contribution in [0.1, 0.15) is 27.7 Å². The molecule has 27 heavy (non-hydrogen) atoms. The van der Waals surface area contributed by atoms with Crippen molar-refractivity contribution >= 4 is 33.1 Å². The Balaban J connectivity index is 1.75. The van der Waals surface area contributed by atoms with Crippen molar-refractivity contribution in [1.29, 1.82) is 0 Å². The SMILES string of the molecule is CC(C)C(C)(C)[Si]c1ccc(-c2ccc([P+](=O)c3ccccc3)cc2)cc1. The Morgan fingerprint density at radius 3 is 1.74 bits per heavy atom. The minimum absolute atomic E-state index is 0.325. The van der Waals surface area contributed by atoms with Crippen molar-refractivity contribution in [1.82, 2.24) is 0 Å². The summed E-state index contributed by atoms with van der Waals surface area (Å²) in [5, 5.41) is 3.47. The van der Waals surface area contributed by atoms with Gasteiger partial charge in [0, 0.05) is 0 Å². The van der Waals surface area contributed by atoms with E-state index in [1.54, 1.807) is 0 Å².